The van der Waals surface area contributed by atoms with Crippen LogP contribution in [0.2, 0.25) is 0 Å². The molecule has 1 atom stereocenters. The number of nitrogens with zero attached hydrogens (tertiary/aromatic N) is 3. The summed E-state index contributed by atoms with van der Waals surface area (Å²) in [5.41, 5.74) is 2.29. The van der Waals surface area contributed by atoms with Crippen LogP contribution in [0.3, 0.4) is 0 Å². The molecule has 0 spiro atoms. The Bertz CT molecular complexity index is 1380. The van der Waals surface area contributed by atoms with E-state index < -0.39 is 10.0 Å². The largest absolute Gasteiger partial charge is 0.356 e. The third-order valence-electron chi connectivity index (χ3n) is 6.16. The molecule has 7 nitrogen and oxygen atoms in total. The molecule has 2 aromatic heterocycles. The predicted molar refractivity (Wildman–Crippen MR) is 120 cm³/mol. The number of fused-ring (bicyclic) bond motifs is 2. The molecule has 0 bridgehead atoms. The van der Waals surface area contributed by atoms with Crippen molar-refractivity contribution in [2.75, 3.05) is 19.6 Å². The van der Waals surface area contributed by atoms with E-state index in [2.05, 4.69) is 14.8 Å². The van der Waals surface area contributed by atoms with E-state index >= 15 is 0 Å². The van der Waals surface area contributed by atoms with Gasteiger partial charge in [0.1, 0.15) is 5.82 Å². The van der Waals surface area contributed by atoms with Gasteiger partial charge in [0.25, 0.3) is 0 Å². The second-order valence-electron chi connectivity index (χ2n) is 8.43. The lowest BCUT2D eigenvalue weighted by atomic mass is 10.1. The maximum atomic E-state index is 13.3. The minimum Gasteiger partial charge on any atom is -0.356 e. The van der Waals surface area contributed by atoms with Gasteiger partial charge in [0, 0.05) is 48.2 Å². The minimum absolute atomic E-state index is 0.109. The lowest BCUT2D eigenvalue weighted by Gasteiger charge is -2.16. The summed E-state index contributed by atoms with van der Waals surface area (Å²) in [5, 5.41) is 5.82. The molecule has 9 heteroatoms. The second-order valence-corrected chi connectivity index (χ2v) is 10.1. The first kappa shape index (κ1) is 21.1. The number of rotatable bonds is 7. The maximum Gasteiger partial charge on any atom is 0.240 e. The van der Waals surface area contributed by atoms with Gasteiger partial charge in [0.2, 0.25) is 10.0 Å². The van der Waals surface area contributed by atoms with Crippen molar-refractivity contribution in [2.45, 2.75) is 30.2 Å². The van der Waals surface area contributed by atoms with Gasteiger partial charge in [-0.3, -0.25) is 0 Å². The SMILES string of the molecule is Cn1ccc2cc(S(=O)(=O)NC3CCN(CCCc4noc5cc(F)ccc45)C3)ccc21. The highest BCUT2D eigenvalue weighted by Crippen LogP contribution is 2.22. The molecule has 1 fully saturated rings. The van der Waals surface area contributed by atoms with Gasteiger partial charge in [-0.2, -0.15) is 0 Å². The summed E-state index contributed by atoms with van der Waals surface area (Å²) in [7, 11) is -1.63. The highest BCUT2D eigenvalue weighted by molar-refractivity contribution is 7.89. The topological polar surface area (TPSA) is 80.4 Å². The van der Waals surface area contributed by atoms with Crippen LogP contribution in [0.4, 0.5) is 4.39 Å². The Morgan fingerprint density at radius 3 is 2.97 bits per heavy atom. The number of benzene rings is 2. The van der Waals surface area contributed by atoms with Crippen molar-refractivity contribution >= 4 is 31.9 Å². The van der Waals surface area contributed by atoms with E-state index in [-0.39, 0.29) is 11.9 Å². The monoisotopic (exact) mass is 456 g/mol. The van der Waals surface area contributed by atoms with Crippen molar-refractivity contribution in [3.05, 3.63) is 60.2 Å². The molecule has 0 aliphatic carbocycles. The van der Waals surface area contributed by atoms with Crippen LogP contribution in [-0.4, -0.2) is 48.7 Å². The molecular weight excluding hydrogens is 431 g/mol. The van der Waals surface area contributed by atoms with E-state index in [4.69, 9.17) is 4.52 Å². The number of aromatic nitrogens is 2. The minimum atomic E-state index is -3.57. The van der Waals surface area contributed by atoms with Crippen LogP contribution in [-0.2, 0) is 23.5 Å². The first-order chi connectivity index (χ1) is 15.4. The molecule has 0 radical (unpaired) electrons. The zero-order chi connectivity index (χ0) is 22.3. The zero-order valence-electron chi connectivity index (χ0n) is 17.8. The summed E-state index contributed by atoms with van der Waals surface area (Å²) in [6.07, 6.45) is 4.29. The van der Waals surface area contributed by atoms with Gasteiger partial charge in [0.05, 0.1) is 10.6 Å². The number of sulfonamides is 1. The molecule has 1 unspecified atom stereocenters. The maximum absolute atomic E-state index is 13.3. The molecule has 2 aromatic carbocycles. The fourth-order valence-corrected chi connectivity index (χ4v) is 5.76. The van der Waals surface area contributed by atoms with Crippen molar-refractivity contribution in [1.82, 2.24) is 19.3 Å². The first-order valence-corrected chi connectivity index (χ1v) is 12.2. The second kappa shape index (κ2) is 8.31. The van der Waals surface area contributed by atoms with Crippen LogP contribution in [0.5, 0.6) is 0 Å². The fourth-order valence-electron chi connectivity index (χ4n) is 4.46. The Hall–Kier alpha value is -2.75. The lowest BCUT2D eigenvalue weighted by molar-refractivity contribution is 0.326. The average Bonchev–Trinajstić information content (AvgIpc) is 3.47. The van der Waals surface area contributed by atoms with E-state index in [0.29, 0.717) is 17.0 Å². The third-order valence-corrected chi connectivity index (χ3v) is 7.68. The summed E-state index contributed by atoms with van der Waals surface area (Å²) >= 11 is 0. The lowest BCUT2D eigenvalue weighted by Crippen LogP contribution is -2.37. The molecule has 3 heterocycles. The molecule has 1 N–H and O–H groups in total. The number of aryl methyl sites for hydroxylation is 2. The summed E-state index contributed by atoms with van der Waals surface area (Å²) in [4.78, 5) is 2.55. The zero-order valence-corrected chi connectivity index (χ0v) is 18.6. The van der Waals surface area contributed by atoms with Gasteiger partial charge in [-0.05, 0) is 68.8 Å². The van der Waals surface area contributed by atoms with Crippen molar-refractivity contribution in [1.29, 1.82) is 0 Å². The quantitative estimate of drug-likeness (QED) is 0.461. The molecule has 32 heavy (non-hydrogen) atoms. The number of hydrogen-bond donors (Lipinski definition) is 1. The Morgan fingerprint density at radius 1 is 1.22 bits per heavy atom. The van der Waals surface area contributed by atoms with Crippen molar-refractivity contribution in [2.24, 2.45) is 7.05 Å². The van der Waals surface area contributed by atoms with E-state index in [1.54, 1.807) is 18.2 Å². The Kier molecular flexibility index (Phi) is 5.48. The Balaban J connectivity index is 1.16. The van der Waals surface area contributed by atoms with Crippen LogP contribution >= 0.6 is 0 Å². The van der Waals surface area contributed by atoms with Crippen LogP contribution in [0, 0.1) is 5.82 Å². The molecule has 1 aliphatic heterocycles. The van der Waals surface area contributed by atoms with Crippen LogP contribution in [0.1, 0.15) is 18.5 Å². The van der Waals surface area contributed by atoms with Crippen molar-refractivity contribution < 1.29 is 17.3 Å². The van der Waals surface area contributed by atoms with Gasteiger partial charge in [-0.1, -0.05) is 5.16 Å². The van der Waals surface area contributed by atoms with Crippen molar-refractivity contribution in [3.63, 3.8) is 0 Å². The summed E-state index contributed by atoms with van der Waals surface area (Å²) in [5.74, 6) is -0.338. The van der Waals surface area contributed by atoms with E-state index in [1.807, 2.05) is 29.9 Å². The molecule has 5 rings (SSSR count). The normalized spacial score (nSPS) is 17.6. The number of halogens is 1. The van der Waals surface area contributed by atoms with Gasteiger partial charge in [0.15, 0.2) is 5.58 Å². The van der Waals surface area contributed by atoms with E-state index in [1.165, 1.54) is 12.1 Å². The number of likely N-dealkylation sites (tertiary alicyclic amines) is 1. The van der Waals surface area contributed by atoms with E-state index in [0.717, 1.165) is 54.3 Å². The number of nitrogens with one attached hydrogen (secondary N) is 1. The van der Waals surface area contributed by atoms with Crippen LogP contribution in [0.25, 0.3) is 21.9 Å². The first-order valence-electron chi connectivity index (χ1n) is 10.7. The average molecular weight is 457 g/mol. The highest BCUT2D eigenvalue weighted by Gasteiger charge is 2.27. The van der Waals surface area contributed by atoms with Gasteiger partial charge in [-0.15, -0.1) is 0 Å². The smallest absolute Gasteiger partial charge is 0.240 e. The Labute approximate surface area is 185 Å². The molecule has 0 saturated carbocycles. The Morgan fingerprint density at radius 2 is 2.09 bits per heavy atom. The van der Waals surface area contributed by atoms with E-state index in [9.17, 15) is 12.8 Å². The summed E-state index contributed by atoms with van der Waals surface area (Å²) < 4.78 is 49.1. The molecule has 1 saturated heterocycles. The molecular formula is C23H25FN4O3S. The van der Waals surface area contributed by atoms with Gasteiger partial charge >= 0.3 is 0 Å². The summed E-state index contributed by atoms with van der Waals surface area (Å²) in [6.45, 7) is 2.36. The molecule has 4 aromatic rings. The van der Waals surface area contributed by atoms with Gasteiger partial charge in [-0.25, -0.2) is 17.5 Å². The van der Waals surface area contributed by atoms with Crippen molar-refractivity contribution in [3.8, 4) is 0 Å². The molecule has 0 amide bonds. The number of hydrogen-bond acceptors (Lipinski definition) is 5. The third kappa shape index (κ3) is 4.15. The highest BCUT2D eigenvalue weighted by atomic mass is 32.2. The van der Waals surface area contributed by atoms with Crippen LogP contribution in [0.15, 0.2) is 58.1 Å². The van der Waals surface area contributed by atoms with Crippen LogP contribution < -0.4 is 4.72 Å². The van der Waals surface area contributed by atoms with Gasteiger partial charge < -0.3 is 14.0 Å². The molecule has 1 aliphatic rings. The predicted octanol–water partition coefficient (Wildman–Crippen LogP) is 3.44. The standard InChI is InChI=1S/C23H25FN4O3S/c1-27-11-8-16-13-19(5-7-22(16)27)32(29,30)26-18-9-12-28(15-18)10-2-3-21-20-6-4-17(24)14-23(20)31-25-21/h4-8,11,13-14,18,26H,2-3,9-10,12,15H2,1H3. The fraction of sp³-hybridized carbons (Fsp3) is 0.348. The summed E-state index contributed by atoms with van der Waals surface area (Å²) in [6, 6.07) is 11.5. The molecule has 168 valence electrons.